The molecule has 0 fully saturated rings. The lowest BCUT2D eigenvalue weighted by Crippen LogP contribution is -2.21. The number of ketones is 1. The summed E-state index contributed by atoms with van der Waals surface area (Å²) in [5.41, 5.74) is 0. The van der Waals surface area contributed by atoms with Crippen molar-refractivity contribution in [3.05, 3.63) is 21.9 Å². The van der Waals surface area contributed by atoms with Crippen LogP contribution >= 0.6 is 11.3 Å². The van der Waals surface area contributed by atoms with E-state index in [0.717, 1.165) is 16.2 Å². The van der Waals surface area contributed by atoms with Gasteiger partial charge in [-0.2, -0.15) is 13.2 Å². The van der Waals surface area contributed by atoms with E-state index in [2.05, 4.69) is 4.74 Å². The van der Waals surface area contributed by atoms with Gasteiger partial charge in [-0.15, -0.1) is 11.3 Å². The van der Waals surface area contributed by atoms with Crippen molar-refractivity contribution in [2.45, 2.75) is 25.9 Å². The molecule has 0 spiro atoms. The van der Waals surface area contributed by atoms with E-state index in [9.17, 15) is 18.0 Å². The minimum Gasteiger partial charge on any atom is -0.364 e. The van der Waals surface area contributed by atoms with Crippen LogP contribution in [-0.4, -0.2) is 25.2 Å². The van der Waals surface area contributed by atoms with E-state index in [-0.39, 0.29) is 12.2 Å². The number of hydrogen-bond donors (Lipinski definition) is 0. The summed E-state index contributed by atoms with van der Waals surface area (Å²) in [7, 11) is 0. The second-order valence-electron chi connectivity index (χ2n) is 3.55. The molecule has 1 heterocycles. The van der Waals surface area contributed by atoms with E-state index in [1.165, 1.54) is 11.3 Å². The Hall–Kier alpha value is -0.880. The van der Waals surface area contributed by atoms with E-state index >= 15 is 0 Å². The molecule has 96 valence electrons. The minimum absolute atomic E-state index is 0.141. The molecule has 0 atom stereocenters. The number of ether oxygens (including phenoxy) is 1. The summed E-state index contributed by atoms with van der Waals surface area (Å²) in [5.74, 6) is -0.334. The van der Waals surface area contributed by atoms with Crippen molar-refractivity contribution >= 4 is 17.1 Å². The fourth-order valence-corrected chi connectivity index (χ4v) is 2.22. The van der Waals surface area contributed by atoms with Crippen molar-refractivity contribution in [1.82, 2.24) is 0 Å². The molecule has 2 nitrogen and oxygen atoms in total. The van der Waals surface area contributed by atoms with E-state index in [0.29, 0.717) is 0 Å². The Bertz CT molecular complexity index is 371. The summed E-state index contributed by atoms with van der Waals surface area (Å²) in [6, 6.07) is 3.75. The van der Waals surface area contributed by atoms with Crippen molar-refractivity contribution in [2.75, 3.05) is 13.2 Å². The minimum atomic E-state index is -4.38. The molecule has 6 heteroatoms. The van der Waals surface area contributed by atoms with Crippen LogP contribution in [0.15, 0.2) is 12.1 Å². The van der Waals surface area contributed by atoms with Gasteiger partial charge in [-0.05, 0) is 18.6 Å². The van der Waals surface area contributed by atoms with Gasteiger partial charge < -0.3 is 4.74 Å². The number of halogens is 3. The van der Waals surface area contributed by atoms with Gasteiger partial charge in [-0.25, -0.2) is 0 Å². The topological polar surface area (TPSA) is 26.3 Å². The Morgan fingerprint density at radius 2 is 2.00 bits per heavy atom. The molecular formula is C11H13F3O2S. The molecule has 0 aromatic carbocycles. The van der Waals surface area contributed by atoms with E-state index in [1.54, 1.807) is 0 Å². The monoisotopic (exact) mass is 266 g/mol. The maximum atomic E-state index is 11.7. The summed E-state index contributed by atoms with van der Waals surface area (Å²) in [4.78, 5) is 13.3. The predicted octanol–water partition coefficient (Wildman–Crippen LogP) is 3.00. The van der Waals surface area contributed by atoms with Gasteiger partial charge in [0.15, 0.2) is 5.78 Å². The average molecular weight is 266 g/mol. The summed E-state index contributed by atoms with van der Waals surface area (Å²) in [5, 5.41) is 0. The van der Waals surface area contributed by atoms with Crippen LogP contribution in [0, 0.1) is 0 Å². The fraction of sp³-hybridized carbons (Fsp3) is 0.545. The first kappa shape index (κ1) is 14.2. The first-order chi connectivity index (χ1) is 7.90. The number of Topliss-reactive ketones (excluding diaryl/α,β-unsaturated/α-hetero) is 1. The zero-order chi connectivity index (χ0) is 12.9. The lowest BCUT2D eigenvalue weighted by atomic mass is 10.2. The van der Waals surface area contributed by atoms with Gasteiger partial charge in [-0.3, -0.25) is 4.79 Å². The van der Waals surface area contributed by atoms with Crippen LogP contribution in [0.4, 0.5) is 13.2 Å². The molecule has 0 saturated heterocycles. The van der Waals surface area contributed by atoms with Gasteiger partial charge in [0.25, 0.3) is 0 Å². The van der Waals surface area contributed by atoms with Crippen molar-refractivity contribution < 1.29 is 22.7 Å². The van der Waals surface area contributed by atoms with Crippen molar-refractivity contribution in [3.63, 3.8) is 0 Å². The van der Waals surface area contributed by atoms with Gasteiger partial charge in [0.1, 0.15) is 13.2 Å². The third-order valence-electron chi connectivity index (χ3n) is 1.97. The Morgan fingerprint density at radius 3 is 2.53 bits per heavy atom. The third-order valence-corrected chi connectivity index (χ3v) is 3.20. The lowest BCUT2D eigenvalue weighted by molar-refractivity contribution is -0.175. The van der Waals surface area contributed by atoms with Crippen molar-refractivity contribution in [2.24, 2.45) is 0 Å². The molecular weight excluding hydrogens is 253 g/mol. The third kappa shape index (κ3) is 5.83. The number of carbonyl (C=O) groups is 1. The summed E-state index contributed by atoms with van der Waals surface area (Å²) in [6.45, 7) is 0.145. The highest BCUT2D eigenvalue weighted by Gasteiger charge is 2.27. The van der Waals surface area contributed by atoms with Crippen LogP contribution in [0.25, 0.3) is 0 Å². The molecule has 0 saturated carbocycles. The molecule has 0 aliphatic heterocycles. The molecule has 0 radical (unpaired) electrons. The van der Waals surface area contributed by atoms with Gasteiger partial charge in [0.2, 0.25) is 0 Å². The van der Waals surface area contributed by atoms with E-state index < -0.39 is 19.4 Å². The number of thiophene rings is 1. The van der Waals surface area contributed by atoms with E-state index in [1.807, 2.05) is 19.1 Å². The number of carbonyl (C=O) groups excluding carboxylic acids is 1. The van der Waals surface area contributed by atoms with Gasteiger partial charge in [-0.1, -0.05) is 6.92 Å². The van der Waals surface area contributed by atoms with Gasteiger partial charge in [0.05, 0.1) is 0 Å². The molecule has 1 aromatic rings. The first-order valence-corrected chi connectivity index (χ1v) is 5.96. The summed E-state index contributed by atoms with van der Waals surface area (Å²) in [6.07, 6.45) is -3.34. The first-order valence-electron chi connectivity index (χ1n) is 5.14. The second kappa shape index (κ2) is 6.16. The van der Waals surface area contributed by atoms with Crippen LogP contribution in [0.5, 0.6) is 0 Å². The molecule has 17 heavy (non-hydrogen) atoms. The Balaban J connectivity index is 2.30. The Labute approximate surface area is 101 Å². The smallest absolute Gasteiger partial charge is 0.364 e. The molecule has 1 aromatic heterocycles. The predicted molar refractivity (Wildman–Crippen MR) is 59.3 cm³/mol. The zero-order valence-electron chi connectivity index (χ0n) is 9.34. The Kier molecular flexibility index (Phi) is 5.14. The standard InChI is InChI=1S/C11H13F3O2S/c1-2-9-3-4-10(17-9)5-8(15)6-16-7-11(12,13)14/h3-4H,2,5-7H2,1H3. The number of alkyl halides is 3. The van der Waals surface area contributed by atoms with Crippen LogP contribution in [-0.2, 0) is 22.4 Å². The largest absolute Gasteiger partial charge is 0.411 e. The highest BCUT2D eigenvalue weighted by molar-refractivity contribution is 7.12. The summed E-state index contributed by atoms with van der Waals surface area (Å²) >= 11 is 1.50. The molecule has 1 rings (SSSR count). The van der Waals surface area contributed by atoms with Crippen LogP contribution < -0.4 is 0 Å². The lowest BCUT2D eigenvalue weighted by Gasteiger charge is -2.06. The van der Waals surface area contributed by atoms with Gasteiger partial charge in [0, 0.05) is 16.2 Å². The molecule has 0 bridgehead atoms. The number of aryl methyl sites for hydroxylation is 1. The van der Waals surface area contributed by atoms with Crippen LogP contribution in [0.1, 0.15) is 16.7 Å². The highest BCUT2D eigenvalue weighted by atomic mass is 32.1. The number of hydrogen-bond acceptors (Lipinski definition) is 3. The molecule has 0 aliphatic carbocycles. The molecule has 0 amide bonds. The molecule has 0 N–H and O–H groups in total. The number of rotatable bonds is 6. The van der Waals surface area contributed by atoms with Crippen LogP contribution in [0.3, 0.4) is 0 Å². The fourth-order valence-electron chi connectivity index (χ4n) is 1.23. The van der Waals surface area contributed by atoms with E-state index in [4.69, 9.17) is 0 Å². The maximum absolute atomic E-state index is 11.7. The Morgan fingerprint density at radius 1 is 1.35 bits per heavy atom. The molecule has 0 unspecified atom stereocenters. The highest BCUT2D eigenvalue weighted by Crippen LogP contribution is 2.18. The maximum Gasteiger partial charge on any atom is 0.411 e. The van der Waals surface area contributed by atoms with Crippen molar-refractivity contribution in [3.8, 4) is 0 Å². The quantitative estimate of drug-likeness (QED) is 0.791. The SMILES string of the molecule is CCc1ccc(CC(=O)COCC(F)(F)F)s1. The summed E-state index contributed by atoms with van der Waals surface area (Å²) < 4.78 is 39.5. The average Bonchev–Trinajstić information content (AvgIpc) is 2.63. The van der Waals surface area contributed by atoms with Crippen molar-refractivity contribution in [1.29, 1.82) is 0 Å². The van der Waals surface area contributed by atoms with Gasteiger partial charge >= 0.3 is 6.18 Å². The second-order valence-corrected chi connectivity index (χ2v) is 4.80. The van der Waals surface area contributed by atoms with Crippen LogP contribution in [0.2, 0.25) is 0 Å². The normalized spacial score (nSPS) is 11.8. The molecule has 0 aliphatic rings. The zero-order valence-corrected chi connectivity index (χ0v) is 10.2.